The molecule has 0 heterocycles. The Morgan fingerprint density at radius 2 is 2.07 bits per heavy atom. The number of carboxylic acids is 1. The zero-order chi connectivity index (χ0) is 10.9. The molecule has 0 aliphatic heterocycles. The fraction of sp³-hybridized carbons (Fsp3) is 0.222. The summed E-state index contributed by atoms with van der Waals surface area (Å²) in [6.45, 7) is 1.30. The molecule has 76 valence electrons. The summed E-state index contributed by atoms with van der Waals surface area (Å²) < 4.78 is 0. The van der Waals surface area contributed by atoms with Crippen molar-refractivity contribution in [1.82, 2.24) is 0 Å². The largest absolute Gasteiger partial charge is 0.505 e. The lowest BCUT2D eigenvalue weighted by atomic mass is 9.92. The van der Waals surface area contributed by atoms with E-state index in [1.54, 1.807) is 6.07 Å². The van der Waals surface area contributed by atoms with Crippen LogP contribution in [0, 0.1) is 0 Å². The summed E-state index contributed by atoms with van der Waals surface area (Å²) in [5.74, 6) is -1.50. The molecule has 0 saturated carbocycles. The first-order chi connectivity index (χ1) is 6.37. The number of hydrogen-bond acceptors (Lipinski definition) is 4. The summed E-state index contributed by atoms with van der Waals surface area (Å²) in [5.41, 5.74) is 9.53. The van der Waals surface area contributed by atoms with Gasteiger partial charge in [-0.25, -0.2) is 4.79 Å². The van der Waals surface area contributed by atoms with Gasteiger partial charge in [0.15, 0.2) is 0 Å². The Kier molecular flexibility index (Phi) is 2.35. The van der Waals surface area contributed by atoms with Gasteiger partial charge in [0.25, 0.3) is 0 Å². The molecular formula is C9H12N2O3. The van der Waals surface area contributed by atoms with Gasteiger partial charge in [0.2, 0.25) is 0 Å². The SMILES string of the molecule is C[C@@](N)(C(=O)O)c1cccc(N)c1O. The average molecular weight is 196 g/mol. The zero-order valence-corrected chi connectivity index (χ0v) is 7.69. The van der Waals surface area contributed by atoms with Crippen molar-refractivity contribution in [3.63, 3.8) is 0 Å². The highest BCUT2D eigenvalue weighted by molar-refractivity contribution is 5.82. The van der Waals surface area contributed by atoms with Gasteiger partial charge in [0.05, 0.1) is 5.69 Å². The van der Waals surface area contributed by atoms with Gasteiger partial charge in [-0.1, -0.05) is 12.1 Å². The van der Waals surface area contributed by atoms with E-state index in [9.17, 15) is 9.90 Å². The minimum atomic E-state index is -1.64. The Morgan fingerprint density at radius 1 is 1.50 bits per heavy atom. The Balaban J connectivity index is 3.33. The number of phenols is 1. The molecule has 6 N–H and O–H groups in total. The van der Waals surface area contributed by atoms with Gasteiger partial charge >= 0.3 is 5.97 Å². The third kappa shape index (κ3) is 1.49. The zero-order valence-electron chi connectivity index (χ0n) is 7.69. The van der Waals surface area contributed by atoms with E-state index >= 15 is 0 Å². The van der Waals surface area contributed by atoms with Crippen molar-refractivity contribution in [1.29, 1.82) is 0 Å². The molecule has 14 heavy (non-hydrogen) atoms. The number of benzene rings is 1. The lowest BCUT2D eigenvalue weighted by Gasteiger charge is -2.21. The summed E-state index contributed by atoms with van der Waals surface area (Å²) in [6.07, 6.45) is 0. The number of hydrogen-bond donors (Lipinski definition) is 4. The van der Waals surface area contributed by atoms with Gasteiger partial charge in [0, 0.05) is 5.56 Å². The van der Waals surface area contributed by atoms with Crippen LogP contribution in [-0.2, 0) is 10.3 Å². The molecule has 0 fully saturated rings. The fourth-order valence-corrected chi connectivity index (χ4v) is 1.10. The average Bonchev–Trinajstić information content (AvgIpc) is 2.09. The Labute approximate surface area is 81.0 Å². The Hall–Kier alpha value is -1.75. The predicted octanol–water partition coefficient (Wildman–Crippen LogP) is 0.233. The summed E-state index contributed by atoms with van der Waals surface area (Å²) in [6, 6.07) is 4.44. The van der Waals surface area contributed by atoms with Crippen molar-refractivity contribution in [3.8, 4) is 5.75 Å². The summed E-state index contributed by atoms with van der Waals surface area (Å²) in [4.78, 5) is 10.8. The smallest absolute Gasteiger partial charge is 0.328 e. The molecule has 0 saturated heterocycles. The first-order valence-electron chi connectivity index (χ1n) is 3.97. The predicted molar refractivity (Wildman–Crippen MR) is 51.7 cm³/mol. The van der Waals surface area contributed by atoms with Crippen LogP contribution in [0.4, 0.5) is 5.69 Å². The van der Waals surface area contributed by atoms with Gasteiger partial charge in [0.1, 0.15) is 11.3 Å². The third-order valence-electron chi connectivity index (χ3n) is 2.07. The van der Waals surface area contributed by atoms with Crippen molar-refractivity contribution in [2.24, 2.45) is 5.73 Å². The normalized spacial score (nSPS) is 14.7. The van der Waals surface area contributed by atoms with Crippen LogP contribution in [0.2, 0.25) is 0 Å². The van der Waals surface area contributed by atoms with Crippen molar-refractivity contribution in [2.75, 3.05) is 5.73 Å². The number of para-hydroxylation sites is 1. The molecule has 0 bridgehead atoms. The lowest BCUT2D eigenvalue weighted by Crippen LogP contribution is -2.41. The summed E-state index contributed by atoms with van der Waals surface area (Å²) in [5, 5.41) is 18.3. The number of rotatable bonds is 2. The van der Waals surface area contributed by atoms with Crippen LogP contribution in [0.5, 0.6) is 5.75 Å². The topological polar surface area (TPSA) is 110 Å². The van der Waals surface area contributed by atoms with Crippen LogP contribution in [0.25, 0.3) is 0 Å². The maximum absolute atomic E-state index is 10.8. The number of phenolic OH excluding ortho intramolecular Hbond substituents is 1. The van der Waals surface area contributed by atoms with Gasteiger partial charge in [-0.15, -0.1) is 0 Å². The van der Waals surface area contributed by atoms with Gasteiger partial charge in [-0.2, -0.15) is 0 Å². The number of anilines is 1. The van der Waals surface area contributed by atoms with E-state index in [-0.39, 0.29) is 17.0 Å². The van der Waals surface area contributed by atoms with Crippen LogP contribution in [0.1, 0.15) is 12.5 Å². The second-order valence-electron chi connectivity index (χ2n) is 3.25. The highest BCUT2D eigenvalue weighted by atomic mass is 16.4. The minimum Gasteiger partial charge on any atom is -0.505 e. The van der Waals surface area contributed by atoms with Gasteiger partial charge in [-0.05, 0) is 13.0 Å². The molecular weight excluding hydrogens is 184 g/mol. The molecule has 1 atom stereocenters. The van der Waals surface area contributed by atoms with E-state index in [4.69, 9.17) is 16.6 Å². The maximum atomic E-state index is 10.8. The maximum Gasteiger partial charge on any atom is 0.328 e. The second kappa shape index (κ2) is 3.19. The van der Waals surface area contributed by atoms with E-state index in [2.05, 4.69) is 0 Å². The third-order valence-corrected chi connectivity index (χ3v) is 2.07. The second-order valence-corrected chi connectivity index (χ2v) is 3.25. The van der Waals surface area contributed by atoms with E-state index in [1.807, 2.05) is 0 Å². The van der Waals surface area contributed by atoms with Crippen LogP contribution < -0.4 is 11.5 Å². The van der Waals surface area contributed by atoms with E-state index in [1.165, 1.54) is 19.1 Å². The number of carboxylic acid groups (broad SMARTS) is 1. The Morgan fingerprint density at radius 3 is 2.57 bits per heavy atom. The molecule has 0 aromatic heterocycles. The quantitative estimate of drug-likeness (QED) is 0.400. The van der Waals surface area contributed by atoms with E-state index in [0.717, 1.165) is 0 Å². The number of nitrogen functional groups attached to an aromatic ring is 1. The molecule has 0 amide bonds. The van der Waals surface area contributed by atoms with Crippen molar-refractivity contribution in [2.45, 2.75) is 12.5 Å². The van der Waals surface area contributed by atoms with Gasteiger partial charge < -0.3 is 21.7 Å². The van der Waals surface area contributed by atoms with Crippen molar-refractivity contribution < 1.29 is 15.0 Å². The lowest BCUT2D eigenvalue weighted by molar-refractivity contribution is -0.143. The van der Waals surface area contributed by atoms with E-state index < -0.39 is 11.5 Å². The number of aromatic hydroxyl groups is 1. The first-order valence-corrected chi connectivity index (χ1v) is 3.97. The molecule has 1 aromatic carbocycles. The first kappa shape index (κ1) is 10.3. The fourth-order valence-electron chi connectivity index (χ4n) is 1.10. The van der Waals surface area contributed by atoms with Crippen molar-refractivity contribution >= 4 is 11.7 Å². The monoisotopic (exact) mass is 196 g/mol. The number of nitrogens with two attached hydrogens (primary N) is 2. The molecule has 5 nitrogen and oxygen atoms in total. The van der Waals surface area contributed by atoms with Gasteiger partial charge in [-0.3, -0.25) is 0 Å². The number of aliphatic carboxylic acids is 1. The molecule has 1 aromatic rings. The molecule has 1 rings (SSSR count). The molecule has 0 aliphatic rings. The molecule has 0 unspecified atom stereocenters. The van der Waals surface area contributed by atoms with Crippen LogP contribution >= 0.6 is 0 Å². The van der Waals surface area contributed by atoms with Crippen LogP contribution in [0.15, 0.2) is 18.2 Å². The van der Waals surface area contributed by atoms with E-state index in [0.29, 0.717) is 0 Å². The summed E-state index contributed by atoms with van der Waals surface area (Å²) in [7, 11) is 0. The molecule has 5 heteroatoms. The molecule has 0 radical (unpaired) electrons. The standard InChI is InChI=1S/C9H12N2O3/c1-9(11,8(13)14)5-3-2-4-6(10)7(5)12/h2-4,12H,10-11H2,1H3,(H,13,14)/t9-/m0/s1. The highest BCUT2D eigenvalue weighted by Crippen LogP contribution is 2.31. The molecule has 0 aliphatic carbocycles. The van der Waals surface area contributed by atoms with Crippen LogP contribution in [-0.4, -0.2) is 16.2 Å². The minimum absolute atomic E-state index is 0.102. The summed E-state index contributed by atoms with van der Waals surface area (Å²) >= 11 is 0. The van der Waals surface area contributed by atoms with Crippen LogP contribution in [0.3, 0.4) is 0 Å². The van der Waals surface area contributed by atoms with Crippen molar-refractivity contribution in [3.05, 3.63) is 23.8 Å². The highest BCUT2D eigenvalue weighted by Gasteiger charge is 2.33. The number of carbonyl (C=O) groups is 1. The Bertz CT molecular complexity index is 374. The molecule has 0 spiro atoms.